The Morgan fingerprint density at radius 3 is 2.85 bits per heavy atom. The van der Waals surface area contributed by atoms with Crippen molar-refractivity contribution in [2.75, 3.05) is 11.1 Å². The number of imidazole rings is 1. The van der Waals surface area contributed by atoms with E-state index in [2.05, 4.69) is 16.1 Å². The Kier molecular flexibility index (Phi) is 4.80. The van der Waals surface area contributed by atoms with Gasteiger partial charge in [0.2, 0.25) is 5.91 Å². The highest BCUT2D eigenvalue weighted by Gasteiger charge is 2.19. The van der Waals surface area contributed by atoms with Crippen LogP contribution in [0.1, 0.15) is 24.8 Å². The molecule has 2 heterocycles. The number of aryl methyl sites for hydroxylation is 1. The Morgan fingerprint density at radius 1 is 1.23 bits per heavy atom. The standard InChI is InChI=1S/C21H21N3OS/c1-2-18(15-7-4-3-5-8-15)20(25)22-17-10-6-9-16(13-17)19-14-24-11-12-26-21(24)23-19/h3-10,13-14,18H,2,11-12H2,1H3,(H,22,25)/t18-/m1/s1. The van der Waals surface area contributed by atoms with Crippen molar-refractivity contribution in [2.45, 2.75) is 31.0 Å². The van der Waals surface area contributed by atoms with E-state index in [0.29, 0.717) is 0 Å². The van der Waals surface area contributed by atoms with Gasteiger partial charge in [-0.3, -0.25) is 4.79 Å². The summed E-state index contributed by atoms with van der Waals surface area (Å²) in [5, 5.41) is 4.15. The summed E-state index contributed by atoms with van der Waals surface area (Å²) in [6.45, 7) is 3.05. The zero-order valence-electron chi connectivity index (χ0n) is 14.7. The van der Waals surface area contributed by atoms with Gasteiger partial charge in [0, 0.05) is 29.7 Å². The molecule has 0 fully saturated rings. The Labute approximate surface area is 157 Å². The van der Waals surface area contributed by atoms with Crippen LogP contribution in [0.15, 0.2) is 66.0 Å². The number of carbonyl (C=O) groups excluding carboxylic acids is 1. The molecule has 0 bridgehead atoms. The van der Waals surface area contributed by atoms with E-state index in [0.717, 1.165) is 46.4 Å². The minimum absolute atomic E-state index is 0.0266. The first-order valence-electron chi connectivity index (χ1n) is 8.91. The van der Waals surface area contributed by atoms with E-state index in [1.54, 1.807) is 11.8 Å². The van der Waals surface area contributed by atoms with Crippen molar-refractivity contribution >= 4 is 23.4 Å². The van der Waals surface area contributed by atoms with Crippen molar-refractivity contribution in [1.29, 1.82) is 0 Å². The second-order valence-corrected chi connectivity index (χ2v) is 7.45. The highest BCUT2D eigenvalue weighted by Crippen LogP contribution is 2.30. The number of rotatable bonds is 5. The second kappa shape index (κ2) is 7.38. The van der Waals surface area contributed by atoms with Gasteiger partial charge in [-0.05, 0) is 24.1 Å². The first-order chi connectivity index (χ1) is 12.7. The molecule has 0 aliphatic carbocycles. The monoisotopic (exact) mass is 363 g/mol. The van der Waals surface area contributed by atoms with Gasteiger partial charge < -0.3 is 9.88 Å². The van der Waals surface area contributed by atoms with Gasteiger partial charge in [-0.15, -0.1) is 0 Å². The van der Waals surface area contributed by atoms with E-state index >= 15 is 0 Å². The number of amides is 1. The molecule has 132 valence electrons. The molecule has 26 heavy (non-hydrogen) atoms. The van der Waals surface area contributed by atoms with Gasteiger partial charge in [0.25, 0.3) is 0 Å². The molecule has 0 unspecified atom stereocenters. The van der Waals surface area contributed by atoms with Crippen molar-refractivity contribution in [3.8, 4) is 11.3 Å². The SMILES string of the molecule is CC[C@@H](C(=O)Nc1cccc(-c2cn3c(n2)SCC3)c1)c1ccccc1. The van der Waals surface area contributed by atoms with Crippen LogP contribution >= 0.6 is 11.8 Å². The van der Waals surface area contributed by atoms with E-state index in [1.165, 1.54) is 0 Å². The zero-order chi connectivity index (χ0) is 17.9. The number of fused-ring (bicyclic) bond motifs is 1. The predicted octanol–water partition coefficient (Wildman–Crippen LogP) is 4.79. The molecule has 1 N–H and O–H groups in total. The second-order valence-electron chi connectivity index (χ2n) is 6.39. The number of carbonyl (C=O) groups is 1. The average molecular weight is 363 g/mol. The molecule has 4 rings (SSSR count). The Bertz CT molecular complexity index is 899. The van der Waals surface area contributed by atoms with Gasteiger partial charge in [0.1, 0.15) is 0 Å². The topological polar surface area (TPSA) is 46.9 Å². The van der Waals surface area contributed by atoms with Gasteiger partial charge in [0.15, 0.2) is 5.16 Å². The third kappa shape index (κ3) is 3.40. The third-order valence-corrected chi connectivity index (χ3v) is 5.63. The molecule has 1 aromatic heterocycles. The Hall–Kier alpha value is -2.53. The lowest BCUT2D eigenvalue weighted by Crippen LogP contribution is -2.20. The summed E-state index contributed by atoms with van der Waals surface area (Å²) < 4.78 is 2.19. The summed E-state index contributed by atoms with van der Waals surface area (Å²) in [6.07, 6.45) is 2.86. The third-order valence-electron chi connectivity index (χ3n) is 4.66. The molecular weight excluding hydrogens is 342 g/mol. The summed E-state index contributed by atoms with van der Waals surface area (Å²) in [6, 6.07) is 17.9. The molecule has 0 saturated heterocycles. The van der Waals surface area contributed by atoms with Gasteiger partial charge in [-0.1, -0.05) is 61.2 Å². The molecule has 4 nitrogen and oxygen atoms in total. The van der Waals surface area contributed by atoms with Crippen LogP contribution in [0.25, 0.3) is 11.3 Å². The highest BCUT2D eigenvalue weighted by molar-refractivity contribution is 7.99. The van der Waals surface area contributed by atoms with E-state index < -0.39 is 0 Å². The lowest BCUT2D eigenvalue weighted by molar-refractivity contribution is -0.117. The van der Waals surface area contributed by atoms with Gasteiger partial charge in [0.05, 0.1) is 11.6 Å². The smallest absolute Gasteiger partial charge is 0.231 e. The lowest BCUT2D eigenvalue weighted by atomic mass is 9.95. The molecule has 2 aromatic carbocycles. The molecule has 1 aliphatic heterocycles. The maximum Gasteiger partial charge on any atom is 0.231 e. The van der Waals surface area contributed by atoms with E-state index in [-0.39, 0.29) is 11.8 Å². The van der Waals surface area contributed by atoms with Gasteiger partial charge >= 0.3 is 0 Å². The first-order valence-corrected chi connectivity index (χ1v) is 9.89. The number of anilines is 1. The number of nitrogens with zero attached hydrogens (tertiary/aromatic N) is 2. The molecule has 0 radical (unpaired) electrons. The van der Waals surface area contributed by atoms with E-state index in [4.69, 9.17) is 4.98 Å². The van der Waals surface area contributed by atoms with Crippen LogP contribution in [0.5, 0.6) is 0 Å². The predicted molar refractivity (Wildman–Crippen MR) is 106 cm³/mol. The van der Waals surface area contributed by atoms with E-state index in [1.807, 2.05) is 61.5 Å². The van der Waals surface area contributed by atoms with Crippen molar-refractivity contribution in [1.82, 2.24) is 9.55 Å². The largest absolute Gasteiger partial charge is 0.326 e. The minimum atomic E-state index is -0.146. The summed E-state index contributed by atoms with van der Waals surface area (Å²) in [7, 11) is 0. The molecule has 1 aliphatic rings. The number of hydrogen-bond acceptors (Lipinski definition) is 3. The molecular formula is C21H21N3OS. The molecule has 0 saturated carbocycles. The number of benzene rings is 2. The van der Waals surface area contributed by atoms with Crippen LogP contribution < -0.4 is 5.32 Å². The minimum Gasteiger partial charge on any atom is -0.326 e. The molecule has 1 amide bonds. The van der Waals surface area contributed by atoms with Crippen LogP contribution in [0.2, 0.25) is 0 Å². The molecule has 3 aromatic rings. The van der Waals surface area contributed by atoms with Crippen molar-refractivity contribution in [2.24, 2.45) is 0 Å². The fraction of sp³-hybridized carbons (Fsp3) is 0.238. The number of aromatic nitrogens is 2. The lowest BCUT2D eigenvalue weighted by Gasteiger charge is -2.15. The highest BCUT2D eigenvalue weighted by atomic mass is 32.2. The molecule has 1 atom stereocenters. The van der Waals surface area contributed by atoms with Crippen molar-refractivity contribution in [3.63, 3.8) is 0 Å². The number of hydrogen-bond donors (Lipinski definition) is 1. The fourth-order valence-electron chi connectivity index (χ4n) is 3.29. The summed E-state index contributed by atoms with van der Waals surface area (Å²) in [5.74, 6) is 0.975. The zero-order valence-corrected chi connectivity index (χ0v) is 15.5. The van der Waals surface area contributed by atoms with Crippen LogP contribution in [0, 0.1) is 0 Å². The molecule has 0 spiro atoms. The van der Waals surface area contributed by atoms with Crippen molar-refractivity contribution < 1.29 is 4.79 Å². The van der Waals surface area contributed by atoms with Crippen LogP contribution in [0.3, 0.4) is 0 Å². The Balaban J connectivity index is 1.54. The summed E-state index contributed by atoms with van der Waals surface area (Å²) >= 11 is 1.78. The van der Waals surface area contributed by atoms with Crippen LogP contribution in [-0.2, 0) is 11.3 Å². The summed E-state index contributed by atoms with van der Waals surface area (Å²) in [4.78, 5) is 17.5. The summed E-state index contributed by atoms with van der Waals surface area (Å²) in [5.41, 5.74) is 3.84. The normalized spacial score (nSPS) is 14.0. The van der Waals surface area contributed by atoms with Crippen LogP contribution in [-0.4, -0.2) is 21.2 Å². The maximum absolute atomic E-state index is 12.8. The van der Waals surface area contributed by atoms with E-state index in [9.17, 15) is 4.79 Å². The quantitative estimate of drug-likeness (QED) is 0.709. The number of thioether (sulfide) groups is 1. The first kappa shape index (κ1) is 16.9. The Morgan fingerprint density at radius 2 is 2.08 bits per heavy atom. The van der Waals surface area contributed by atoms with Gasteiger partial charge in [-0.25, -0.2) is 4.98 Å². The van der Waals surface area contributed by atoms with Crippen LogP contribution in [0.4, 0.5) is 5.69 Å². The molecule has 5 heteroatoms. The average Bonchev–Trinajstić information content (AvgIpc) is 3.25. The number of nitrogens with one attached hydrogen (secondary N) is 1. The van der Waals surface area contributed by atoms with Crippen molar-refractivity contribution in [3.05, 3.63) is 66.4 Å². The fourth-order valence-corrected chi connectivity index (χ4v) is 4.24. The van der Waals surface area contributed by atoms with Gasteiger partial charge in [-0.2, -0.15) is 0 Å². The maximum atomic E-state index is 12.8.